The first-order valence-electron chi connectivity index (χ1n) is 7.36. The van der Waals surface area contributed by atoms with Crippen molar-refractivity contribution in [3.05, 3.63) is 66.0 Å². The van der Waals surface area contributed by atoms with Crippen LogP contribution in [0.5, 0.6) is 0 Å². The van der Waals surface area contributed by atoms with Crippen molar-refractivity contribution < 1.29 is 26.3 Å². The fourth-order valence-corrected chi connectivity index (χ4v) is 2.22. The Morgan fingerprint density at radius 3 is 2.29 bits per heavy atom. The van der Waals surface area contributed by atoms with Gasteiger partial charge in [-0.25, -0.2) is 0 Å². The van der Waals surface area contributed by atoms with Gasteiger partial charge in [-0.2, -0.15) is 4.57 Å². The smallest absolute Gasteiger partial charge is 0.227 e. The first-order chi connectivity index (χ1) is 9.79. The Kier molecular flexibility index (Phi) is 7.91. The molecule has 2 rings (SSSR count). The second kappa shape index (κ2) is 9.46. The van der Waals surface area contributed by atoms with Crippen LogP contribution in [0.25, 0.3) is 0 Å². The van der Waals surface area contributed by atoms with Crippen LogP contribution >= 0.6 is 0 Å². The molecule has 0 fully saturated rings. The van der Waals surface area contributed by atoms with Crippen molar-refractivity contribution in [1.82, 2.24) is 0 Å². The average Bonchev–Trinajstić information content (AvgIpc) is 2.50. The van der Waals surface area contributed by atoms with Gasteiger partial charge < -0.3 is 17.0 Å². The van der Waals surface area contributed by atoms with Crippen LogP contribution in [0.3, 0.4) is 0 Å². The van der Waals surface area contributed by atoms with Crippen molar-refractivity contribution in [2.45, 2.75) is 39.2 Å². The van der Waals surface area contributed by atoms with E-state index in [-0.39, 0.29) is 22.8 Å². The van der Waals surface area contributed by atoms with E-state index in [4.69, 9.17) is 0 Å². The van der Waals surface area contributed by atoms with Gasteiger partial charge in [0, 0.05) is 17.7 Å². The maximum Gasteiger partial charge on any atom is 0.227 e. The molecule has 1 heterocycles. The third-order valence-electron chi connectivity index (χ3n) is 3.45. The van der Waals surface area contributed by atoms with Crippen LogP contribution in [0, 0.1) is 0 Å². The van der Waals surface area contributed by atoms with E-state index in [2.05, 4.69) is 19.1 Å². The lowest BCUT2D eigenvalue weighted by Gasteiger charge is -2.01. The number of pyridine rings is 1. The van der Waals surface area contributed by atoms with Gasteiger partial charge in [-0.05, 0) is 18.4 Å². The van der Waals surface area contributed by atoms with Crippen molar-refractivity contribution in [3.8, 4) is 0 Å². The molecule has 0 saturated carbocycles. The standard InChI is InChI=1S/C18H22NO.BrH/c1-2-3-5-8-16-11-13-19(14-12-16)15-18(20)17-9-6-4-7-10-17;/h4,6-7,9-14H,2-3,5,8,15H2,1H3;1H/q+1;/p-1. The lowest BCUT2D eigenvalue weighted by atomic mass is 10.1. The Hall–Kier alpha value is -1.48. The SMILES string of the molecule is CCCCCc1cc[n+](CC(=O)c2ccccc2)cc1.[Br-]. The number of ketones is 1. The van der Waals surface area contributed by atoms with E-state index < -0.39 is 0 Å². The highest BCUT2D eigenvalue weighted by Crippen LogP contribution is 2.05. The van der Waals surface area contributed by atoms with Gasteiger partial charge in [0.2, 0.25) is 12.3 Å². The molecule has 0 radical (unpaired) electrons. The minimum atomic E-state index is 0. The van der Waals surface area contributed by atoms with E-state index in [0.29, 0.717) is 6.54 Å². The summed E-state index contributed by atoms with van der Waals surface area (Å²) in [5.74, 6) is 0.148. The molecule has 2 aromatic rings. The Morgan fingerprint density at radius 1 is 1.00 bits per heavy atom. The summed E-state index contributed by atoms with van der Waals surface area (Å²) in [7, 11) is 0. The van der Waals surface area contributed by atoms with Gasteiger partial charge in [-0.3, -0.25) is 4.79 Å². The Bertz CT molecular complexity index is 537. The Balaban J connectivity index is 0.00000220. The number of Topliss-reactive ketones (excluding diaryl/α,β-unsaturated/α-hetero) is 1. The van der Waals surface area contributed by atoms with E-state index in [9.17, 15) is 4.79 Å². The minimum absolute atomic E-state index is 0. The molecule has 0 atom stereocenters. The highest BCUT2D eigenvalue weighted by Gasteiger charge is 2.11. The molecule has 1 aromatic carbocycles. The molecule has 0 unspecified atom stereocenters. The molecule has 112 valence electrons. The molecule has 21 heavy (non-hydrogen) atoms. The number of nitrogens with zero attached hydrogens (tertiary/aromatic N) is 1. The molecule has 2 nitrogen and oxygen atoms in total. The zero-order chi connectivity index (χ0) is 14.2. The number of hydrogen-bond donors (Lipinski definition) is 0. The van der Waals surface area contributed by atoms with Crippen LogP contribution < -0.4 is 21.5 Å². The molecular formula is C18H22BrNO. The first kappa shape index (κ1) is 17.6. The molecule has 0 aliphatic rings. The lowest BCUT2D eigenvalue weighted by molar-refractivity contribution is -0.683. The Morgan fingerprint density at radius 2 is 1.67 bits per heavy atom. The number of carbonyl (C=O) groups is 1. The van der Waals surface area contributed by atoms with Gasteiger partial charge in [0.15, 0.2) is 12.4 Å². The molecule has 0 spiro atoms. The summed E-state index contributed by atoms with van der Waals surface area (Å²) in [4.78, 5) is 12.1. The third kappa shape index (κ3) is 5.80. The Labute approximate surface area is 137 Å². The number of aryl methyl sites for hydroxylation is 1. The number of aromatic nitrogens is 1. The predicted octanol–water partition coefficient (Wildman–Crippen LogP) is 0.594. The summed E-state index contributed by atoms with van der Waals surface area (Å²) >= 11 is 0. The predicted molar refractivity (Wildman–Crippen MR) is 80.6 cm³/mol. The molecule has 0 N–H and O–H groups in total. The van der Waals surface area contributed by atoms with Crippen molar-refractivity contribution in [3.63, 3.8) is 0 Å². The summed E-state index contributed by atoms with van der Waals surface area (Å²) in [6, 6.07) is 13.7. The van der Waals surface area contributed by atoms with Crippen molar-refractivity contribution in [2.75, 3.05) is 0 Å². The van der Waals surface area contributed by atoms with Crippen molar-refractivity contribution in [2.24, 2.45) is 0 Å². The molecule has 0 bridgehead atoms. The van der Waals surface area contributed by atoms with E-state index in [1.165, 1.54) is 24.8 Å². The summed E-state index contributed by atoms with van der Waals surface area (Å²) in [6.07, 6.45) is 8.90. The number of halogens is 1. The second-order valence-electron chi connectivity index (χ2n) is 5.13. The monoisotopic (exact) mass is 347 g/mol. The fraction of sp³-hybridized carbons (Fsp3) is 0.333. The first-order valence-corrected chi connectivity index (χ1v) is 7.36. The van der Waals surface area contributed by atoms with E-state index in [1.54, 1.807) is 0 Å². The van der Waals surface area contributed by atoms with Gasteiger partial charge >= 0.3 is 0 Å². The zero-order valence-corrected chi connectivity index (χ0v) is 14.1. The van der Waals surface area contributed by atoms with Gasteiger partial charge in [-0.15, -0.1) is 0 Å². The van der Waals surface area contributed by atoms with Gasteiger partial charge in [0.05, 0.1) is 0 Å². The van der Waals surface area contributed by atoms with Crippen LogP contribution in [0.4, 0.5) is 0 Å². The summed E-state index contributed by atoms with van der Waals surface area (Å²) < 4.78 is 1.94. The number of rotatable bonds is 7. The fourth-order valence-electron chi connectivity index (χ4n) is 2.22. The molecule has 0 aliphatic carbocycles. The van der Waals surface area contributed by atoms with Crippen molar-refractivity contribution in [1.29, 1.82) is 0 Å². The molecule has 1 aromatic heterocycles. The van der Waals surface area contributed by atoms with Crippen LogP contribution in [-0.4, -0.2) is 5.78 Å². The number of carbonyl (C=O) groups excluding carboxylic acids is 1. The number of hydrogen-bond acceptors (Lipinski definition) is 1. The zero-order valence-electron chi connectivity index (χ0n) is 12.5. The van der Waals surface area contributed by atoms with E-state index in [1.807, 2.05) is 47.3 Å². The summed E-state index contributed by atoms with van der Waals surface area (Å²) in [6.45, 7) is 2.62. The van der Waals surface area contributed by atoms with Gasteiger partial charge in [0.1, 0.15) is 0 Å². The molecular weight excluding hydrogens is 326 g/mol. The molecule has 0 aliphatic heterocycles. The van der Waals surface area contributed by atoms with Crippen LogP contribution in [-0.2, 0) is 13.0 Å². The van der Waals surface area contributed by atoms with Crippen molar-refractivity contribution >= 4 is 5.78 Å². The van der Waals surface area contributed by atoms with E-state index >= 15 is 0 Å². The summed E-state index contributed by atoms with van der Waals surface area (Å²) in [5, 5.41) is 0. The van der Waals surface area contributed by atoms with Crippen LogP contribution in [0.2, 0.25) is 0 Å². The highest BCUT2D eigenvalue weighted by molar-refractivity contribution is 5.94. The average molecular weight is 348 g/mol. The number of unbranched alkanes of at least 4 members (excludes halogenated alkanes) is 2. The normalized spacial score (nSPS) is 9.95. The number of benzene rings is 1. The maximum atomic E-state index is 12.1. The second-order valence-corrected chi connectivity index (χ2v) is 5.13. The maximum absolute atomic E-state index is 12.1. The largest absolute Gasteiger partial charge is 1.00 e. The quantitative estimate of drug-likeness (QED) is 0.408. The topological polar surface area (TPSA) is 20.9 Å². The van der Waals surface area contributed by atoms with Gasteiger partial charge in [-0.1, -0.05) is 50.1 Å². The summed E-state index contributed by atoms with van der Waals surface area (Å²) in [5.41, 5.74) is 2.12. The minimum Gasteiger partial charge on any atom is -1.00 e. The highest BCUT2D eigenvalue weighted by atomic mass is 79.9. The molecule has 0 saturated heterocycles. The molecule has 3 heteroatoms. The lowest BCUT2D eigenvalue weighted by Crippen LogP contribution is -3.00. The van der Waals surface area contributed by atoms with Crippen LogP contribution in [0.15, 0.2) is 54.9 Å². The van der Waals surface area contributed by atoms with Gasteiger partial charge in [0.25, 0.3) is 0 Å². The van der Waals surface area contributed by atoms with Crippen LogP contribution in [0.1, 0.15) is 42.1 Å². The van der Waals surface area contributed by atoms with E-state index in [0.717, 1.165) is 12.0 Å². The third-order valence-corrected chi connectivity index (χ3v) is 3.45. The molecule has 0 amide bonds.